The standard InChI is InChI=1S/C13H18O3/c14-10-12(15)8-4-5-9-13(16)11-6-2-1-3-7-11/h1-3,6-7,12,14-15H,4-5,8-10H2. The van der Waals surface area contributed by atoms with E-state index in [9.17, 15) is 4.79 Å². The lowest BCUT2D eigenvalue weighted by Gasteiger charge is -2.05. The van der Waals surface area contributed by atoms with E-state index in [4.69, 9.17) is 10.2 Å². The zero-order valence-electron chi connectivity index (χ0n) is 9.30. The highest BCUT2D eigenvalue weighted by Gasteiger charge is 2.06. The number of aliphatic hydroxyl groups excluding tert-OH is 2. The second-order valence-corrected chi connectivity index (χ2v) is 3.87. The van der Waals surface area contributed by atoms with Crippen molar-refractivity contribution in [1.29, 1.82) is 0 Å². The topological polar surface area (TPSA) is 57.5 Å². The first-order valence-corrected chi connectivity index (χ1v) is 5.61. The molecule has 0 saturated carbocycles. The lowest BCUT2D eigenvalue weighted by atomic mass is 10.0. The smallest absolute Gasteiger partial charge is 0.162 e. The molecule has 16 heavy (non-hydrogen) atoms. The van der Waals surface area contributed by atoms with E-state index >= 15 is 0 Å². The van der Waals surface area contributed by atoms with Crippen molar-refractivity contribution in [3.8, 4) is 0 Å². The van der Waals surface area contributed by atoms with Crippen LogP contribution in [-0.4, -0.2) is 28.7 Å². The van der Waals surface area contributed by atoms with E-state index in [1.54, 1.807) is 0 Å². The third-order valence-corrected chi connectivity index (χ3v) is 2.50. The van der Waals surface area contributed by atoms with E-state index in [1.807, 2.05) is 30.3 Å². The highest BCUT2D eigenvalue weighted by atomic mass is 16.3. The lowest BCUT2D eigenvalue weighted by Crippen LogP contribution is -2.11. The molecule has 2 N–H and O–H groups in total. The average molecular weight is 222 g/mol. The molecular formula is C13H18O3. The minimum atomic E-state index is -0.646. The van der Waals surface area contributed by atoms with Gasteiger partial charge in [-0.25, -0.2) is 0 Å². The molecule has 0 amide bonds. The molecule has 0 aliphatic rings. The van der Waals surface area contributed by atoms with E-state index in [1.165, 1.54) is 0 Å². The lowest BCUT2D eigenvalue weighted by molar-refractivity contribution is 0.0847. The maximum absolute atomic E-state index is 11.6. The molecule has 0 aliphatic carbocycles. The number of unbranched alkanes of at least 4 members (excludes halogenated alkanes) is 1. The molecule has 0 heterocycles. The Morgan fingerprint density at radius 3 is 2.50 bits per heavy atom. The Hall–Kier alpha value is -1.19. The Morgan fingerprint density at radius 1 is 1.19 bits per heavy atom. The molecule has 3 nitrogen and oxygen atoms in total. The van der Waals surface area contributed by atoms with Crippen LogP contribution in [0.2, 0.25) is 0 Å². The quantitative estimate of drug-likeness (QED) is 0.546. The molecule has 1 rings (SSSR count). The molecule has 0 aliphatic heterocycles. The van der Waals surface area contributed by atoms with Gasteiger partial charge in [0.25, 0.3) is 0 Å². The summed E-state index contributed by atoms with van der Waals surface area (Å²) in [6.45, 7) is -0.202. The number of hydrogen-bond acceptors (Lipinski definition) is 3. The summed E-state index contributed by atoms with van der Waals surface area (Å²) in [5.74, 6) is 0.138. The minimum Gasteiger partial charge on any atom is -0.394 e. The normalized spacial score (nSPS) is 12.4. The van der Waals surface area contributed by atoms with Crippen LogP contribution in [0.5, 0.6) is 0 Å². The molecule has 1 aromatic rings. The fraction of sp³-hybridized carbons (Fsp3) is 0.462. The zero-order chi connectivity index (χ0) is 11.8. The third kappa shape index (κ3) is 4.55. The predicted octanol–water partition coefficient (Wildman–Crippen LogP) is 1.78. The molecule has 0 aromatic heterocycles. The minimum absolute atomic E-state index is 0.138. The van der Waals surface area contributed by atoms with Gasteiger partial charge in [0.05, 0.1) is 12.7 Å². The number of Topliss-reactive ketones (excluding diaryl/α,β-unsaturated/α-hetero) is 1. The van der Waals surface area contributed by atoms with Crippen molar-refractivity contribution in [2.24, 2.45) is 0 Å². The van der Waals surface area contributed by atoms with Gasteiger partial charge in [-0.15, -0.1) is 0 Å². The van der Waals surface area contributed by atoms with Crippen LogP contribution >= 0.6 is 0 Å². The van der Waals surface area contributed by atoms with Crippen LogP contribution in [0, 0.1) is 0 Å². The summed E-state index contributed by atoms with van der Waals surface area (Å²) in [7, 11) is 0. The molecule has 1 atom stereocenters. The van der Waals surface area contributed by atoms with Crippen LogP contribution in [0.4, 0.5) is 0 Å². The fourth-order valence-electron chi connectivity index (χ4n) is 1.53. The molecule has 0 fully saturated rings. The number of carbonyl (C=O) groups is 1. The van der Waals surface area contributed by atoms with Gasteiger partial charge in [-0.1, -0.05) is 36.8 Å². The van der Waals surface area contributed by atoms with Gasteiger partial charge in [-0.05, 0) is 12.8 Å². The van der Waals surface area contributed by atoms with Crippen LogP contribution in [0.1, 0.15) is 36.0 Å². The van der Waals surface area contributed by atoms with Crippen molar-refractivity contribution >= 4 is 5.78 Å². The second kappa shape index (κ2) is 7.14. The predicted molar refractivity (Wildman–Crippen MR) is 62.3 cm³/mol. The summed E-state index contributed by atoms with van der Waals surface area (Å²) in [5, 5.41) is 17.7. The molecule has 1 unspecified atom stereocenters. The van der Waals surface area contributed by atoms with Gasteiger partial charge in [0, 0.05) is 12.0 Å². The van der Waals surface area contributed by atoms with Crippen LogP contribution in [0.25, 0.3) is 0 Å². The van der Waals surface area contributed by atoms with E-state index in [0.717, 1.165) is 18.4 Å². The number of rotatable bonds is 7. The Morgan fingerprint density at radius 2 is 1.88 bits per heavy atom. The Kier molecular flexibility index (Phi) is 5.75. The van der Waals surface area contributed by atoms with Crippen molar-refractivity contribution in [3.63, 3.8) is 0 Å². The first kappa shape index (κ1) is 12.9. The first-order valence-electron chi connectivity index (χ1n) is 5.61. The molecule has 0 saturated heterocycles. The van der Waals surface area contributed by atoms with Gasteiger partial charge < -0.3 is 10.2 Å². The van der Waals surface area contributed by atoms with E-state index in [0.29, 0.717) is 12.8 Å². The second-order valence-electron chi connectivity index (χ2n) is 3.87. The Labute approximate surface area is 95.7 Å². The van der Waals surface area contributed by atoms with Gasteiger partial charge in [-0.2, -0.15) is 0 Å². The van der Waals surface area contributed by atoms with Crippen molar-refractivity contribution in [2.75, 3.05) is 6.61 Å². The number of carbonyl (C=O) groups excluding carboxylic acids is 1. The SMILES string of the molecule is O=C(CCCCC(O)CO)c1ccccc1. The molecule has 0 radical (unpaired) electrons. The number of aliphatic hydroxyl groups is 2. The Balaban J connectivity index is 2.21. The van der Waals surface area contributed by atoms with Crippen LogP contribution < -0.4 is 0 Å². The number of ketones is 1. The van der Waals surface area contributed by atoms with Gasteiger partial charge in [0.2, 0.25) is 0 Å². The molecular weight excluding hydrogens is 204 g/mol. The van der Waals surface area contributed by atoms with Crippen molar-refractivity contribution in [3.05, 3.63) is 35.9 Å². The molecule has 1 aromatic carbocycles. The number of benzene rings is 1. The van der Waals surface area contributed by atoms with Crippen LogP contribution in [0.3, 0.4) is 0 Å². The first-order chi connectivity index (χ1) is 7.74. The van der Waals surface area contributed by atoms with Gasteiger partial charge >= 0.3 is 0 Å². The summed E-state index contributed by atoms with van der Waals surface area (Å²) in [4.78, 5) is 11.6. The van der Waals surface area contributed by atoms with Crippen molar-refractivity contribution in [1.82, 2.24) is 0 Å². The maximum atomic E-state index is 11.6. The van der Waals surface area contributed by atoms with Gasteiger partial charge in [0.15, 0.2) is 5.78 Å². The average Bonchev–Trinajstić information content (AvgIpc) is 2.35. The van der Waals surface area contributed by atoms with Crippen molar-refractivity contribution < 1.29 is 15.0 Å². The third-order valence-electron chi connectivity index (χ3n) is 2.50. The largest absolute Gasteiger partial charge is 0.394 e. The summed E-state index contributed by atoms with van der Waals surface area (Å²) in [6, 6.07) is 9.20. The van der Waals surface area contributed by atoms with Gasteiger partial charge in [0.1, 0.15) is 0 Å². The zero-order valence-corrected chi connectivity index (χ0v) is 9.30. The molecule has 88 valence electrons. The maximum Gasteiger partial charge on any atom is 0.162 e. The summed E-state index contributed by atoms with van der Waals surface area (Å²) < 4.78 is 0. The Bertz CT molecular complexity index is 308. The molecule has 0 bridgehead atoms. The van der Waals surface area contributed by atoms with Crippen molar-refractivity contribution in [2.45, 2.75) is 31.8 Å². The van der Waals surface area contributed by atoms with Gasteiger partial charge in [-0.3, -0.25) is 4.79 Å². The van der Waals surface area contributed by atoms with Crippen LogP contribution in [-0.2, 0) is 0 Å². The summed E-state index contributed by atoms with van der Waals surface area (Å²) >= 11 is 0. The van der Waals surface area contributed by atoms with E-state index in [-0.39, 0.29) is 12.4 Å². The monoisotopic (exact) mass is 222 g/mol. The fourth-order valence-corrected chi connectivity index (χ4v) is 1.53. The van der Waals surface area contributed by atoms with Crippen LogP contribution in [0.15, 0.2) is 30.3 Å². The summed E-state index contributed by atoms with van der Waals surface area (Å²) in [5.41, 5.74) is 0.741. The molecule has 0 spiro atoms. The summed E-state index contributed by atoms with van der Waals surface area (Å²) in [6.07, 6.45) is 1.93. The van der Waals surface area contributed by atoms with E-state index in [2.05, 4.69) is 0 Å². The highest BCUT2D eigenvalue weighted by Crippen LogP contribution is 2.09. The highest BCUT2D eigenvalue weighted by molar-refractivity contribution is 5.95. The van der Waals surface area contributed by atoms with E-state index < -0.39 is 6.10 Å². The molecule has 3 heteroatoms. The number of hydrogen-bond donors (Lipinski definition) is 2.